The van der Waals surface area contributed by atoms with Crippen LogP contribution >= 0.6 is 11.6 Å². The van der Waals surface area contributed by atoms with E-state index in [-0.39, 0.29) is 5.70 Å². The van der Waals surface area contributed by atoms with Gasteiger partial charge in [-0.1, -0.05) is 60.1 Å². The Morgan fingerprint density at radius 2 is 1.59 bits per heavy atom. The lowest BCUT2D eigenvalue weighted by Crippen LogP contribution is -2.30. The quantitative estimate of drug-likeness (QED) is 0.324. The first-order valence-electron chi connectivity index (χ1n) is 10.3. The summed E-state index contributed by atoms with van der Waals surface area (Å²) in [4.78, 5) is 26.8. The van der Waals surface area contributed by atoms with Crippen molar-refractivity contribution in [2.45, 2.75) is 13.5 Å². The zero-order valence-corrected chi connectivity index (χ0v) is 18.1. The van der Waals surface area contributed by atoms with E-state index in [0.29, 0.717) is 17.3 Å². The Bertz CT molecular complexity index is 1370. The number of urea groups is 1. The Morgan fingerprint density at radius 3 is 2.34 bits per heavy atom. The van der Waals surface area contributed by atoms with Gasteiger partial charge in [-0.05, 0) is 48.9 Å². The molecule has 1 fully saturated rings. The summed E-state index contributed by atoms with van der Waals surface area (Å²) in [6.07, 6.45) is 1.77. The fraction of sp³-hybridized carbons (Fsp3) is 0.0769. The standard InChI is InChI=1S/C26H20ClN3O2/c1-17-22(15-23-25(31)30(26(32)28-23)20-13-11-19(27)12-14-20)21-9-5-6-10-24(21)29(17)16-18-7-3-2-4-8-18/h2-15H,16H2,1H3,(H,28,32). The fourth-order valence-electron chi connectivity index (χ4n) is 4.11. The average Bonchev–Trinajstić information content (AvgIpc) is 3.23. The summed E-state index contributed by atoms with van der Waals surface area (Å²) in [5.74, 6) is -0.392. The summed E-state index contributed by atoms with van der Waals surface area (Å²) in [7, 11) is 0. The lowest BCUT2D eigenvalue weighted by Gasteiger charge is -2.11. The van der Waals surface area contributed by atoms with Crippen molar-refractivity contribution in [2.75, 3.05) is 4.90 Å². The van der Waals surface area contributed by atoms with Crippen molar-refractivity contribution in [1.29, 1.82) is 0 Å². The van der Waals surface area contributed by atoms with Gasteiger partial charge in [-0.2, -0.15) is 0 Å². The van der Waals surface area contributed by atoms with E-state index in [1.165, 1.54) is 5.56 Å². The zero-order valence-electron chi connectivity index (χ0n) is 17.4. The maximum absolute atomic E-state index is 13.1. The van der Waals surface area contributed by atoms with Crippen molar-refractivity contribution < 1.29 is 9.59 Å². The maximum Gasteiger partial charge on any atom is 0.333 e. The summed E-state index contributed by atoms with van der Waals surface area (Å²) in [5, 5.41) is 4.29. The van der Waals surface area contributed by atoms with Crippen LogP contribution in [-0.2, 0) is 11.3 Å². The molecule has 0 bridgehead atoms. The molecule has 0 spiro atoms. The molecule has 0 aliphatic carbocycles. The molecule has 0 atom stereocenters. The Balaban J connectivity index is 1.57. The molecular formula is C26H20ClN3O2. The number of imide groups is 1. The van der Waals surface area contributed by atoms with Gasteiger partial charge in [0.15, 0.2) is 0 Å². The average molecular weight is 442 g/mol. The third-order valence-electron chi connectivity index (χ3n) is 5.71. The molecule has 1 N–H and O–H groups in total. The number of anilines is 1. The number of aromatic nitrogens is 1. The number of rotatable bonds is 4. The van der Waals surface area contributed by atoms with Gasteiger partial charge in [-0.25, -0.2) is 9.69 Å². The number of nitrogens with zero attached hydrogens (tertiary/aromatic N) is 2. The smallest absolute Gasteiger partial charge is 0.333 e. The minimum Gasteiger partial charge on any atom is -0.340 e. The topological polar surface area (TPSA) is 54.3 Å². The van der Waals surface area contributed by atoms with Crippen molar-refractivity contribution in [3.63, 3.8) is 0 Å². The molecule has 0 radical (unpaired) electrons. The third-order valence-corrected chi connectivity index (χ3v) is 5.97. The second-order valence-electron chi connectivity index (χ2n) is 7.69. The van der Waals surface area contributed by atoms with Crippen LogP contribution in [0, 0.1) is 6.92 Å². The van der Waals surface area contributed by atoms with Crippen LogP contribution in [-0.4, -0.2) is 16.5 Å². The zero-order chi connectivity index (χ0) is 22.2. The van der Waals surface area contributed by atoms with Crippen molar-refractivity contribution in [3.05, 3.63) is 106 Å². The number of para-hydroxylation sites is 1. The van der Waals surface area contributed by atoms with Crippen molar-refractivity contribution in [1.82, 2.24) is 9.88 Å². The molecule has 1 aliphatic rings. The minimum atomic E-state index is -0.478. The molecule has 6 heteroatoms. The number of nitrogens with one attached hydrogen (secondary N) is 1. The molecule has 32 heavy (non-hydrogen) atoms. The number of fused-ring (bicyclic) bond motifs is 1. The van der Waals surface area contributed by atoms with Gasteiger partial charge in [0, 0.05) is 33.7 Å². The second-order valence-corrected chi connectivity index (χ2v) is 8.13. The van der Waals surface area contributed by atoms with E-state index < -0.39 is 11.9 Å². The van der Waals surface area contributed by atoms with Gasteiger partial charge in [0.05, 0.1) is 5.69 Å². The van der Waals surface area contributed by atoms with Gasteiger partial charge in [0.1, 0.15) is 5.70 Å². The van der Waals surface area contributed by atoms with Crippen LogP contribution < -0.4 is 10.2 Å². The van der Waals surface area contributed by atoms with Gasteiger partial charge < -0.3 is 9.88 Å². The number of hydrogen-bond donors (Lipinski definition) is 1. The second kappa shape index (κ2) is 8.02. The molecule has 2 heterocycles. The van der Waals surface area contributed by atoms with Crippen LogP contribution in [0.1, 0.15) is 16.8 Å². The fourth-order valence-corrected chi connectivity index (χ4v) is 4.24. The number of carbonyl (C=O) groups excluding carboxylic acids is 2. The first-order valence-corrected chi connectivity index (χ1v) is 10.6. The normalized spacial score (nSPS) is 15.1. The maximum atomic E-state index is 13.1. The Morgan fingerprint density at radius 1 is 0.906 bits per heavy atom. The number of amides is 3. The van der Waals surface area contributed by atoms with E-state index in [1.807, 2.05) is 43.3 Å². The van der Waals surface area contributed by atoms with Crippen molar-refractivity contribution in [2.24, 2.45) is 0 Å². The van der Waals surface area contributed by atoms with Crippen LogP contribution in [0.25, 0.3) is 17.0 Å². The number of halogens is 1. The summed E-state index contributed by atoms with van der Waals surface area (Å²) >= 11 is 5.94. The monoisotopic (exact) mass is 441 g/mol. The molecule has 3 amide bonds. The van der Waals surface area contributed by atoms with Gasteiger partial charge in [0.2, 0.25) is 0 Å². The molecule has 3 aromatic carbocycles. The van der Waals surface area contributed by atoms with Crippen LogP contribution in [0.15, 0.2) is 84.6 Å². The largest absolute Gasteiger partial charge is 0.340 e. The highest BCUT2D eigenvalue weighted by Gasteiger charge is 2.35. The molecule has 1 aromatic heterocycles. The summed E-state index contributed by atoms with van der Waals surface area (Å²) < 4.78 is 2.23. The minimum absolute atomic E-state index is 0.246. The highest BCUT2D eigenvalue weighted by atomic mass is 35.5. The van der Waals surface area contributed by atoms with Crippen LogP contribution in [0.4, 0.5) is 10.5 Å². The predicted octanol–water partition coefficient (Wildman–Crippen LogP) is 5.75. The predicted molar refractivity (Wildman–Crippen MR) is 128 cm³/mol. The molecule has 5 nitrogen and oxygen atoms in total. The number of hydrogen-bond acceptors (Lipinski definition) is 2. The van der Waals surface area contributed by atoms with E-state index in [2.05, 4.69) is 28.1 Å². The van der Waals surface area contributed by atoms with Gasteiger partial charge >= 0.3 is 6.03 Å². The van der Waals surface area contributed by atoms with E-state index >= 15 is 0 Å². The first-order chi connectivity index (χ1) is 15.5. The van der Waals surface area contributed by atoms with Gasteiger partial charge in [-0.3, -0.25) is 4.79 Å². The Hall–Kier alpha value is -3.83. The lowest BCUT2D eigenvalue weighted by molar-refractivity contribution is -0.113. The summed E-state index contributed by atoms with van der Waals surface area (Å²) in [5.41, 5.74) is 4.92. The Kier molecular flexibility index (Phi) is 5.04. The van der Waals surface area contributed by atoms with Crippen molar-refractivity contribution >= 4 is 46.2 Å². The number of carbonyl (C=O) groups is 2. The highest BCUT2D eigenvalue weighted by Crippen LogP contribution is 2.30. The molecule has 4 aromatic rings. The van der Waals surface area contributed by atoms with Crippen molar-refractivity contribution in [3.8, 4) is 0 Å². The highest BCUT2D eigenvalue weighted by molar-refractivity contribution is 6.31. The van der Waals surface area contributed by atoms with Crippen LogP contribution in [0.5, 0.6) is 0 Å². The van der Waals surface area contributed by atoms with E-state index in [0.717, 1.165) is 27.1 Å². The molecule has 1 aliphatic heterocycles. The molecular weight excluding hydrogens is 422 g/mol. The summed E-state index contributed by atoms with van der Waals surface area (Å²) in [6.45, 7) is 2.75. The molecule has 158 valence electrons. The van der Waals surface area contributed by atoms with Gasteiger partial charge in [0.25, 0.3) is 5.91 Å². The van der Waals surface area contributed by atoms with E-state index in [4.69, 9.17) is 11.6 Å². The van der Waals surface area contributed by atoms with Gasteiger partial charge in [-0.15, -0.1) is 0 Å². The lowest BCUT2D eigenvalue weighted by atomic mass is 10.1. The third kappa shape index (κ3) is 3.47. The molecule has 0 saturated carbocycles. The van der Waals surface area contributed by atoms with E-state index in [1.54, 1.807) is 30.3 Å². The molecule has 0 unspecified atom stereocenters. The SMILES string of the molecule is Cc1c(C=C2NC(=O)N(c3ccc(Cl)cc3)C2=O)c2ccccc2n1Cc1ccccc1. The summed E-state index contributed by atoms with van der Waals surface area (Å²) in [6, 6.07) is 24.5. The molecule has 5 rings (SSSR count). The number of benzene rings is 3. The molecule has 1 saturated heterocycles. The first kappa shape index (κ1) is 20.1. The van der Waals surface area contributed by atoms with Crippen LogP contribution in [0.2, 0.25) is 5.02 Å². The van der Waals surface area contributed by atoms with E-state index in [9.17, 15) is 9.59 Å². The van der Waals surface area contributed by atoms with Crippen LogP contribution in [0.3, 0.4) is 0 Å². The Labute approximate surface area is 190 Å².